The van der Waals surface area contributed by atoms with Gasteiger partial charge in [0.05, 0.1) is 6.54 Å². The van der Waals surface area contributed by atoms with E-state index in [1.54, 1.807) is 11.3 Å². The molecule has 0 spiro atoms. The third-order valence-corrected chi connectivity index (χ3v) is 4.83. The predicted octanol–water partition coefficient (Wildman–Crippen LogP) is 5.15. The van der Waals surface area contributed by atoms with Gasteiger partial charge in [0.2, 0.25) is 0 Å². The molecule has 0 atom stereocenters. The number of amides is 1. The molecule has 0 radical (unpaired) electrons. The Morgan fingerprint density at radius 2 is 2.04 bits per heavy atom. The van der Waals surface area contributed by atoms with E-state index in [0.717, 1.165) is 22.3 Å². The van der Waals surface area contributed by atoms with Crippen molar-refractivity contribution in [1.82, 2.24) is 5.32 Å². The maximum atomic E-state index is 11.7. The number of ether oxygens (including phenoxy) is 1. The summed E-state index contributed by atoms with van der Waals surface area (Å²) < 4.78 is 6.35. The third kappa shape index (κ3) is 6.23. The molecule has 23 heavy (non-hydrogen) atoms. The Kier molecular flexibility index (Phi) is 6.07. The van der Waals surface area contributed by atoms with E-state index in [9.17, 15) is 4.79 Å². The first-order chi connectivity index (χ1) is 10.8. The number of nitrogens with one attached hydrogen (secondary N) is 2. The Balaban J connectivity index is 1.87. The largest absolute Gasteiger partial charge is 0.444 e. The summed E-state index contributed by atoms with van der Waals surface area (Å²) >= 11 is 5.24. The average molecular weight is 397 g/mol. The lowest BCUT2D eigenvalue weighted by atomic mass is 10.2. The van der Waals surface area contributed by atoms with Crippen LogP contribution in [0.25, 0.3) is 0 Å². The molecule has 0 saturated carbocycles. The van der Waals surface area contributed by atoms with Gasteiger partial charge in [-0.25, -0.2) is 4.79 Å². The van der Waals surface area contributed by atoms with Crippen LogP contribution in [0.2, 0.25) is 0 Å². The Hall–Kier alpha value is -1.53. The molecule has 0 aliphatic carbocycles. The molecule has 0 fully saturated rings. The van der Waals surface area contributed by atoms with Crippen LogP contribution in [0.15, 0.2) is 40.2 Å². The van der Waals surface area contributed by atoms with Gasteiger partial charge in [0.25, 0.3) is 0 Å². The van der Waals surface area contributed by atoms with Crippen LogP contribution in [-0.4, -0.2) is 11.7 Å². The quantitative estimate of drug-likeness (QED) is 0.734. The van der Waals surface area contributed by atoms with Crippen molar-refractivity contribution in [3.05, 3.63) is 50.6 Å². The zero-order chi connectivity index (χ0) is 16.9. The average Bonchev–Trinajstić information content (AvgIpc) is 2.87. The molecule has 6 heteroatoms. The molecule has 1 aromatic carbocycles. The summed E-state index contributed by atoms with van der Waals surface area (Å²) in [6, 6.07) is 10.0. The fraction of sp³-hybridized carbons (Fsp3) is 0.353. The summed E-state index contributed by atoms with van der Waals surface area (Å²) in [7, 11) is 0. The predicted molar refractivity (Wildman–Crippen MR) is 98.9 cm³/mol. The monoisotopic (exact) mass is 396 g/mol. The Labute approximate surface area is 149 Å². The van der Waals surface area contributed by atoms with Gasteiger partial charge in [-0.1, -0.05) is 12.1 Å². The zero-order valence-electron chi connectivity index (χ0n) is 13.5. The minimum absolute atomic E-state index is 0.404. The molecular weight excluding hydrogens is 376 g/mol. The van der Waals surface area contributed by atoms with Crippen LogP contribution in [0.4, 0.5) is 10.5 Å². The minimum atomic E-state index is -0.485. The van der Waals surface area contributed by atoms with E-state index in [0.29, 0.717) is 6.54 Å². The number of hydrogen-bond acceptors (Lipinski definition) is 4. The van der Waals surface area contributed by atoms with E-state index in [4.69, 9.17) is 4.74 Å². The fourth-order valence-electron chi connectivity index (χ4n) is 1.91. The highest BCUT2D eigenvalue weighted by atomic mass is 79.9. The van der Waals surface area contributed by atoms with E-state index < -0.39 is 11.7 Å². The Morgan fingerprint density at radius 3 is 2.70 bits per heavy atom. The molecule has 1 heterocycles. The maximum Gasteiger partial charge on any atom is 0.407 e. The number of carbonyl (C=O) groups excluding carboxylic acids is 1. The normalized spacial score (nSPS) is 11.1. The fourth-order valence-corrected chi connectivity index (χ4v) is 3.35. The molecule has 0 saturated heterocycles. The van der Waals surface area contributed by atoms with E-state index >= 15 is 0 Å². The molecular formula is C17H21BrN2O2S. The number of thiophene rings is 1. The van der Waals surface area contributed by atoms with Crippen LogP contribution in [0.3, 0.4) is 0 Å². The summed E-state index contributed by atoms with van der Waals surface area (Å²) in [5, 5.41) is 8.22. The first-order valence-corrected chi connectivity index (χ1v) is 9.02. The number of anilines is 1. The molecule has 1 aromatic heterocycles. The minimum Gasteiger partial charge on any atom is -0.444 e. The topological polar surface area (TPSA) is 50.4 Å². The SMILES string of the molecule is CC(C)(C)OC(=O)NCc1cccc(NCc2sccc2Br)c1. The van der Waals surface area contributed by atoms with Gasteiger partial charge in [-0.05, 0) is 65.8 Å². The van der Waals surface area contributed by atoms with Crippen molar-refractivity contribution in [2.45, 2.75) is 39.5 Å². The number of halogens is 1. The number of carbonyl (C=O) groups is 1. The van der Waals surface area contributed by atoms with E-state index in [2.05, 4.69) is 31.9 Å². The summed E-state index contributed by atoms with van der Waals surface area (Å²) in [4.78, 5) is 12.9. The van der Waals surface area contributed by atoms with Crippen molar-refractivity contribution >= 4 is 39.0 Å². The van der Waals surface area contributed by atoms with Crippen molar-refractivity contribution in [2.75, 3.05) is 5.32 Å². The second-order valence-corrected chi connectivity index (χ2v) is 7.96. The maximum absolute atomic E-state index is 11.7. The second-order valence-electron chi connectivity index (χ2n) is 6.10. The van der Waals surface area contributed by atoms with Crippen LogP contribution in [-0.2, 0) is 17.8 Å². The van der Waals surface area contributed by atoms with Crippen molar-refractivity contribution in [3.8, 4) is 0 Å². The number of alkyl carbamates (subject to hydrolysis) is 1. The summed E-state index contributed by atoms with van der Waals surface area (Å²) in [5.41, 5.74) is 1.56. The van der Waals surface area contributed by atoms with Gasteiger partial charge in [-0.2, -0.15) is 0 Å². The third-order valence-electron chi connectivity index (χ3n) is 2.91. The number of benzene rings is 1. The molecule has 2 aromatic rings. The summed E-state index contributed by atoms with van der Waals surface area (Å²) in [5.74, 6) is 0. The molecule has 0 aliphatic heterocycles. The van der Waals surface area contributed by atoms with Crippen molar-refractivity contribution in [2.24, 2.45) is 0 Å². The molecule has 4 nitrogen and oxygen atoms in total. The molecule has 2 rings (SSSR count). The zero-order valence-corrected chi connectivity index (χ0v) is 15.9. The highest BCUT2D eigenvalue weighted by Crippen LogP contribution is 2.23. The standard InChI is InChI=1S/C17H21BrN2O2S/c1-17(2,3)22-16(21)20-10-12-5-4-6-13(9-12)19-11-15-14(18)7-8-23-15/h4-9,19H,10-11H2,1-3H3,(H,20,21). The van der Waals surface area contributed by atoms with Gasteiger partial charge in [0.1, 0.15) is 5.60 Å². The van der Waals surface area contributed by atoms with Gasteiger partial charge in [0.15, 0.2) is 0 Å². The van der Waals surface area contributed by atoms with Crippen LogP contribution in [0.1, 0.15) is 31.2 Å². The van der Waals surface area contributed by atoms with Gasteiger partial charge in [-0.15, -0.1) is 11.3 Å². The van der Waals surface area contributed by atoms with Crippen molar-refractivity contribution < 1.29 is 9.53 Å². The van der Waals surface area contributed by atoms with E-state index in [1.807, 2.05) is 51.1 Å². The summed E-state index contributed by atoms with van der Waals surface area (Å²) in [6.45, 7) is 6.74. The van der Waals surface area contributed by atoms with E-state index in [1.165, 1.54) is 4.88 Å². The lowest BCUT2D eigenvalue weighted by Gasteiger charge is -2.19. The highest BCUT2D eigenvalue weighted by Gasteiger charge is 2.15. The second kappa shape index (κ2) is 7.84. The molecule has 0 aliphatic rings. The van der Waals surface area contributed by atoms with Crippen molar-refractivity contribution in [3.63, 3.8) is 0 Å². The van der Waals surface area contributed by atoms with Crippen LogP contribution in [0.5, 0.6) is 0 Å². The van der Waals surface area contributed by atoms with Crippen LogP contribution >= 0.6 is 27.3 Å². The molecule has 0 unspecified atom stereocenters. The Morgan fingerprint density at radius 1 is 1.26 bits per heavy atom. The van der Waals surface area contributed by atoms with Crippen LogP contribution in [0, 0.1) is 0 Å². The van der Waals surface area contributed by atoms with Crippen LogP contribution < -0.4 is 10.6 Å². The first kappa shape index (κ1) is 17.8. The smallest absolute Gasteiger partial charge is 0.407 e. The van der Waals surface area contributed by atoms with Gasteiger partial charge < -0.3 is 15.4 Å². The first-order valence-electron chi connectivity index (χ1n) is 7.35. The van der Waals surface area contributed by atoms with E-state index in [-0.39, 0.29) is 0 Å². The lowest BCUT2D eigenvalue weighted by Crippen LogP contribution is -2.32. The lowest BCUT2D eigenvalue weighted by molar-refractivity contribution is 0.0523. The highest BCUT2D eigenvalue weighted by molar-refractivity contribution is 9.10. The number of hydrogen-bond donors (Lipinski definition) is 2. The molecule has 124 valence electrons. The molecule has 2 N–H and O–H groups in total. The van der Waals surface area contributed by atoms with Gasteiger partial charge >= 0.3 is 6.09 Å². The molecule has 0 bridgehead atoms. The Bertz CT molecular complexity index is 665. The molecule has 1 amide bonds. The van der Waals surface area contributed by atoms with Crippen molar-refractivity contribution in [1.29, 1.82) is 0 Å². The number of rotatable bonds is 5. The summed E-state index contributed by atoms with van der Waals surface area (Å²) in [6.07, 6.45) is -0.404. The van der Waals surface area contributed by atoms with Gasteiger partial charge in [-0.3, -0.25) is 0 Å². The van der Waals surface area contributed by atoms with Gasteiger partial charge in [0, 0.05) is 21.6 Å².